The summed E-state index contributed by atoms with van der Waals surface area (Å²) >= 11 is 0. The van der Waals surface area contributed by atoms with Crippen molar-refractivity contribution in [2.75, 3.05) is 19.8 Å². The minimum absolute atomic E-state index is 0.0574. The molecule has 3 nitrogen and oxygen atoms in total. The van der Waals surface area contributed by atoms with Gasteiger partial charge in [0, 0.05) is 18.4 Å². The van der Waals surface area contributed by atoms with Crippen LogP contribution in [0.2, 0.25) is 0 Å². The first kappa shape index (κ1) is 12.9. The molecule has 0 aromatic carbocycles. The van der Waals surface area contributed by atoms with Crippen molar-refractivity contribution in [3.8, 4) is 0 Å². The fourth-order valence-corrected chi connectivity index (χ4v) is 4.61. The lowest BCUT2D eigenvalue weighted by Gasteiger charge is -2.60. The average Bonchev–Trinajstić information content (AvgIpc) is 2.86. The summed E-state index contributed by atoms with van der Waals surface area (Å²) in [6.07, 6.45) is 6.18. The van der Waals surface area contributed by atoms with Crippen molar-refractivity contribution in [2.24, 2.45) is 10.8 Å². The summed E-state index contributed by atoms with van der Waals surface area (Å²) < 4.78 is 18.3. The second-order valence-corrected chi connectivity index (χ2v) is 6.74. The Hall–Kier alpha value is -0.120. The van der Waals surface area contributed by atoms with Crippen LogP contribution >= 0.6 is 0 Å². The second kappa shape index (κ2) is 4.19. The van der Waals surface area contributed by atoms with Gasteiger partial charge in [0.15, 0.2) is 5.79 Å². The van der Waals surface area contributed by atoms with E-state index >= 15 is 0 Å². The predicted octanol–water partition coefficient (Wildman–Crippen LogP) is 3.12. The lowest BCUT2D eigenvalue weighted by molar-refractivity contribution is -0.315. The number of fused-ring (bicyclic) bond motifs is 1. The van der Waals surface area contributed by atoms with Crippen LogP contribution in [-0.4, -0.2) is 31.7 Å². The molecule has 1 saturated carbocycles. The maximum Gasteiger partial charge on any atom is 0.176 e. The molecular weight excluding hydrogens is 228 g/mol. The molecule has 1 aliphatic carbocycles. The van der Waals surface area contributed by atoms with Gasteiger partial charge < -0.3 is 14.2 Å². The van der Waals surface area contributed by atoms with Crippen LogP contribution in [0.1, 0.15) is 52.9 Å². The zero-order chi connectivity index (χ0) is 12.9. The van der Waals surface area contributed by atoms with Crippen molar-refractivity contribution in [2.45, 2.75) is 64.8 Å². The van der Waals surface area contributed by atoms with Crippen molar-refractivity contribution in [1.82, 2.24) is 0 Å². The number of rotatable bonds is 1. The van der Waals surface area contributed by atoms with Gasteiger partial charge in [0.2, 0.25) is 0 Å². The van der Waals surface area contributed by atoms with Crippen molar-refractivity contribution >= 4 is 0 Å². The molecular formula is C15H26O3. The van der Waals surface area contributed by atoms with Gasteiger partial charge >= 0.3 is 0 Å². The first-order valence-corrected chi connectivity index (χ1v) is 7.46. The van der Waals surface area contributed by atoms with E-state index in [-0.39, 0.29) is 11.5 Å². The van der Waals surface area contributed by atoms with E-state index in [1.54, 1.807) is 0 Å². The third kappa shape index (κ3) is 1.53. The largest absolute Gasteiger partial charge is 0.377 e. The Bertz CT molecular complexity index is 320. The molecule has 2 heterocycles. The lowest BCUT2D eigenvalue weighted by atomic mass is 9.55. The van der Waals surface area contributed by atoms with E-state index in [4.69, 9.17) is 14.2 Å². The minimum atomic E-state index is -0.395. The zero-order valence-electron chi connectivity index (χ0n) is 12.0. The molecule has 0 N–H and O–H groups in total. The van der Waals surface area contributed by atoms with Gasteiger partial charge in [-0.05, 0) is 31.1 Å². The highest BCUT2D eigenvalue weighted by Gasteiger charge is 2.64. The number of ether oxygens (including phenoxy) is 3. The highest BCUT2D eigenvalue weighted by molar-refractivity contribution is 5.08. The summed E-state index contributed by atoms with van der Waals surface area (Å²) in [4.78, 5) is 0. The topological polar surface area (TPSA) is 27.7 Å². The molecule has 3 fully saturated rings. The predicted molar refractivity (Wildman–Crippen MR) is 69.3 cm³/mol. The molecule has 2 saturated heterocycles. The summed E-state index contributed by atoms with van der Waals surface area (Å²) in [5.41, 5.74) is 0.292. The Balaban J connectivity index is 1.95. The maximum atomic E-state index is 6.22. The fourth-order valence-electron chi connectivity index (χ4n) is 4.61. The van der Waals surface area contributed by atoms with Crippen LogP contribution in [0.25, 0.3) is 0 Å². The maximum absolute atomic E-state index is 6.22. The van der Waals surface area contributed by atoms with Crippen molar-refractivity contribution in [3.63, 3.8) is 0 Å². The number of hydrogen-bond donors (Lipinski definition) is 0. The fraction of sp³-hybridized carbons (Fsp3) is 1.00. The van der Waals surface area contributed by atoms with Crippen LogP contribution in [0.5, 0.6) is 0 Å². The van der Waals surface area contributed by atoms with Gasteiger partial charge in [-0.2, -0.15) is 0 Å². The Morgan fingerprint density at radius 2 is 1.72 bits per heavy atom. The molecule has 0 aromatic rings. The summed E-state index contributed by atoms with van der Waals surface area (Å²) in [6, 6.07) is 0. The van der Waals surface area contributed by atoms with Crippen molar-refractivity contribution in [3.05, 3.63) is 0 Å². The van der Waals surface area contributed by atoms with E-state index in [1.807, 2.05) is 0 Å². The van der Waals surface area contributed by atoms with E-state index in [0.717, 1.165) is 26.2 Å². The molecule has 0 amide bonds. The van der Waals surface area contributed by atoms with E-state index in [1.165, 1.54) is 25.7 Å². The van der Waals surface area contributed by atoms with Crippen LogP contribution in [-0.2, 0) is 14.2 Å². The third-order valence-electron chi connectivity index (χ3n) is 5.71. The summed E-state index contributed by atoms with van der Waals surface area (Å²) in [5, 5.41) is 0. The Kier molecular flexibility index (Phi) is 3.00. The van der Waals surface area contributed by atoms with Crippen molar-refractivity contribution < 1.29 is 14.2 Å². The van der Waals surface area contributed by atoms with Crippen LogP contribution in [0.4, 0.5) is 0 Å². The second-order valence-electron chi connectivity index (χ2n) is 6.74. The first-order valence-electron chi connectivity index (χ1n) is 7.46. The van der Waals surface area contributed by atoms with Crippen molar-refractivity contribution in [1.29, 1.82) is 0 Å². The molecule has 2 aliphatic heterocycles. The molecule has 0 radical (unpaired) electrons. The monoisotopic (exact) mass is 254 g/mol. The lowest BCUT2D eigenvalue weighted by Crippen LogP contribution is -2.64. The van der Waals surface area contributed by atoms with Crippen LogP contribution < -0.4 is 0 Å². The van der Waals surface area contributed by atoms with Gasteiger partial charge in [-0.15, -0.1) is 0 Å². The first-order chi connectivity index (χ1) is 8.56. The molecule has 104 valence electrons. The molecule has 0 bridgehead atoms. The van der Waals surface area contributed by atoms with Gasteiger partial charge in [0.25, 0.3) is 0 Å². The normalized spacial score (nSPS) is 41.8. The van der Waals surface area contributed by atoms with E-state index in [0.29, 0.717) is 5.41 Å². The smallest absolute Gasteiger partial charge is 0.176 e. The van der Waals surface area contributed by atoms with Gasteiger partial charge in [0.1, 0.15) is 0 Å². The average molecular weight is 254 g/mol. The van der Waals surface area contributed by atoms with Gasteiger partial charge in [0.05, 0.1) is 19.3 Å². The van der Waals surface area contributed by atoms with Gasteiger partial charge in [-0.25, -0.2) is 0 Å². The Morgan fingerprint density at radius 3 is 2.39 bits per heavy atom. The molecule has 0 aromatic heterocycles. The van der Waals surface area contributed by atoms with Crippen LogP contribution in [0, 0.1) is 10.8 Å². The molecule has 2 atom stereocenters. The standard InChI is InChI=1S/C15H26O3/c1-4-14-6-5-9-16-12(14)13(2,3)15(8-7-14)17-10-11-18-15/h12H,4-11H2,1-3H3/t12-,14-/m0/s1. The Labute approximate surface area is 110 Å². The number of hydrogen-bond acceptors (Lipinski definition) is 3. The SMILES string of the molecule is CC[C@@]12CCCO[C@H]1C(C)(C)C1(CC2)OCCO1. The van der Waals surface area contributed by atoms with Crippen LogP contribution in [0.15, 0.2) is 0 Å². The zero-order valence-corrected chi connectivity index (χ0v) is 12.0. The minimum Gasteiger partial charge on any atom is -0.377 e. The van der Waals surface area contributed by atoms with Gasteiger partial charge in [-0.3, -0.25) is 0 Å². The molecule has 3 heteroatoms. The van der Waals surface area contributed by atoms with Crippen LogP contribution in [0.3, 0.4) is 0 Å². The quantitative estimate of drug-likeness (QED) is 0.719. The molecule has 0 unspecified atom stereocenters. The third-order valence-corrected chi connectivity index (χ3v) is 5.71. The summed E-state index contributed by atoms with van der Waals surface area (Å²) in [7, 11) is 0. The van der Waals surface area contributed by atoms with E-state index in [9.17, 15) is 0 Å². The molecule has 18 heavy (non-hydrogen) atoms. The molecule has 3 rings (SSSR count). The van der Waals surface area contributed by atoms with Gasteiger partial charge in [-0.1, -0.05) is 20.8 Å². The summed E-state index contributed by atoms with van der Waals surface area (Å²) in [6.45, 7) is 9.22. The highest BCUT2D eigenvalue weighted by atomic mass is 16.7. The summed E-state index contributed by atoms with van der Waals surface area (Å²) in [5.74, 6) is -0.395. The van der Waals surface area contributed by atoms with E-state index < -0.39 is 5.79 Å². The Morgan fingerprint density at radius 1 is 1.00 bits per heavy atom. The molecule has 3 aliphatic rings. The molecule has 1 spiro atoms. The van der Waals surface area contributed by atoms with E-state index in [2.05, 4.69) is 20.8 Å². The highest BCUT2D eigenvalue weighted by Crippen LogP contribution is 2.60.